The quantitative estimate of drug-likeness (QED) is 0.641. The first-order valence-electron chi connectivity index (χ1n) is 11.1. The number of hydrogen-bond acceptors (Lipinski definition) is 9. The normalized spacial score (nSPS) is 22.7. The molecule has 2 atom stereocenters. The highest BCUT2D eigenvalue weighted by Crippen LogP contribution is 2.42. The maximum atomic E-state index is 12.7. The number of nitrogens with two attached hydrogens (primary N) is 1. The lowest BCUT2D eigenvalue weighted by Crippen LogP contribution is -2.51. The maximum Gasteiger partial charge on any atom is 0.352 e. The standard InChI is InChI=1S/C23H30ClN5O4/c1-13(2)32-21(30)23(4)12-26-17-10-16(24)15(9-19(17)33-23)18-11-31-7-5-6-29(18)20-8-14(3)27-22(25)28-20/h8-10,13,18,26H,5-7,11-12H2,1-4H3,(H2,25,27,28)/t18-,23+/m1/s1. The van der Waals surface area contributed by atoms with E-state index in [9.17, 15) is 4.79 Å². The van der Waals surface area contributed by atoms with Crippen LogP contribution in [0.4, 0.5) is 17.5 Å². The van der Waals surface area contributed by atoms with E-state index in [1.54, 1.807) is 6.92 Å². The van der Waals surface area contributed by atoms with Gasteiger partial charge in [0.15, 0.2) is 0 Å². The number of fused-ring (bicyclic) bond motifs is 1. The van der Waals surface area contributed by atoms with E-state index < -0.39 is 11.6 Å². The average Bonchev–Trinajstić information content (AvgIpc) is 2.98. The molecule has 1 saturated heterocycles. The summed E-state index contributed by atoms with van der Waals surface area (Å²) in [5, 5.41) is 3.82. The molecule has 1 fully saturated rings. The molecule has 33 heavy (non-hydrogen) atoms. The van der Waals surface area contributed by atoms with Gasteiger partial charge in [-0.2, -0.15) is 4.98 Å². The van der Waals surface area contributed by atoms with E-state index in [1.165, 1.54) is 0 Å². The molecule has 1 aromatic carbocycles. The van der Waals surface area contributed by atoms with Crippen molar-refractivity contribution in [1.29, 1.82) is 0 Å². The minimum Gasteiger partial charge on any atom is -0.472 e. The van der Waals surface area contributed by atoms with E-state index >= 15 is 0 Å². The van der Waals surface area contributed by atoms with Crippen molar-refractivity contribution >= 4 is 35.0 Å². The second-order valence-electron chi connectivity index (χ2n) is 8.87. The highest BCUT2D eigenvalue weighted by molar-refractivity contribution is 6.31. The number of aromatic nitrogens is 2. The number of nitrogens with zero attached hydrogens (tertiary/aromatic N) is 3. The summed E-state index contributed by atoms with van der Waals surface area (Å²) in [6, 6.07) is 5.37. The summed E-state index contributed by atoms with van der Waals surface area (Å²) >= 11 is 6.74. The lowest BCUT2D eigenvalue weighted by atomic mass is 10.0. The predicted octanol–water partition coefficient (Wildman–Crippen LogP) is 3.50. The number of esters is 1. The fourth-order valence-electron chi connectivity index (χ4n) is 4.07. The van der Waals surface area contributed by atoms with Gasteiger partial charge < -0.3 is 30.2 Å². The molecule has 0 bridgehead atoms. The molecule has 178 valence electrons. The van der Waals surface area contributed by atoms with Crippen molar-refractivity contribution in [3.8, 4) is 5.75 Å². The number of ether oxygens (including phenoxy) is 3. The van der Waals surface area contributed by atoms with Gasteiger partial charge in [-0.1, -0.05) is 11.6 Å². The lowest BCUT2D eigenvalue weighted by molar-refractivity contribution is -0.164. The smallest absolute Gasteiger partial charge is 0.352 e. The van der Waals surface area contributed by atoms with Gasteiger partial charge in [0.1, 0.15) is 11.6 Å². The molecular formula is C23H30ClN5O4. The van der Waals surface area contributed by atoms with E-state index in [1.807, 2.05) is 39.0 Å². The number of anilines is 3. The third kappa shape index (κ3) is 4.94. The average molecular weight is 476 g/mol. The van der Waals surface area contributed by atoms with Crippen LogP contribution in [-0.2, 0) is 14.3 Å². The van der Waals surface area contributed by atoms with Crippen LogP contribution in [0.5, 0.6) is 5.75 Å². The van der Waals surface area contributed by atoms with Crippen LogP contribution in [0.1, 0.15) is 44.5 Å². The van der Waals surface area contributed by atoms with Gasteiger partial charge in [0.25, 0.3) is 0 Å². The zero-order valence-corrected chi connectivity index (χ0v) is 20.1. The molecule has 0 spiro atoms. The largest absolute Gasteiger partial charge is 0.472 e. The molecule has 0 aliphatic carbocycles. The van der Waals surface area contributed by atoms with Crippen molar-refractivity contribution in [2.45, 2.75) is 51.9 Å². The number of benzene rings is 1. The van der Waals surface area contributed by atoms with Gasteiger partial charge in [-0.3, -0.25) is 0 Å². The highest BCUT2D eigenvalue weighted by Gasteiger charge is 2.42. The van der Waals surface area contributed by atoms with Gasteiger partial charge in [-0.25, -0.2) is 9.78 Å². The first-order valence-corrected chi connectivity index (χ1v) is 11.5. The van der Waals surface area contributed by atoms with Crippen molar-refractivity contribution < 1.29 is 19.0 Å². The Morgan fingerprint density at radius 2 is 2.15 bits per heavy atom. The fourth-order valence-corrected chi connectivity index (χ4v) is 4.36. The Balaban J connectivity index is 1.70. The molecule has 2 aromatic rings. The monoisotopic (exact) mass is 475 g/mol. The number of nitrogens with one attached hydrogen (secondary N) is 1. The molecular weight excluding hydrogens is 446 g/mol. The maximum absolute atomic E-state index is 12.7. The predicted molar refractivity (Wildman–Crippen MR) is 127 cm³/mol. The first kappa shape index (κ1) is 23.4. The third-order valence-corrected chi connectivity index (χ3v) is 6.00. The Labute approximate surface area is 198 Å². The zero-order chi connectivity index (χ0) is 23.8. The van der Waals surface area contributed by atoms with E-state index in [4.69, 9.17) is 31.5 Å². The molecule has 9 nitrogen and oxygen atoms in total. The zero-order valence-electron chi connectivity index (χ0n) is 19.4. The van der Waals surface area contributed by atoms with Crippen molar-refractivity contribution in [2.24, 2.45) is 0 Å². The molecule has 3 heterocycles. The molecule has 2 aliphatic rings. The Morgan fingerprint density at radius 1 is 1.36 bits per heavy atom. The highest BCUT2D eigenvalue weighted by atomic mass is 35.5. The number of aryl methyl sites for hydroxylation is 1. The summed E-state index contributed by atoms with van der Waals surface area (Å²) in [4.78, 5) is 23.4. The third-order valence-electron chi connectivity index (χ3n) is 5.68. The minimum absolute atomic E-state index is 0.220. The second-order valence-corrected chi connectivity index (χ2v) is 9.28. The van der Waals surface area contributed by atoms with E-state index in [0.29, 0.717) is 36.3 Å². The number of carbonyl (C=O) groups is 1. The van der Waals surface area contributed by atoms with Crippen molar-refractivity contribution in [2.75, 3.05) is 42.3 Å². The molecule has 0 amide bonds. The topological polar surface area (TPSA) is 112 Å². The van der Waals surface area contributed by atoms with E-state index in [2.05, 4.69) is 20.2 Å². The summed E-state index contributed by atoms with van der Waals surface area (Å²) in [6.45, 7) is 9.26. The lowest BCUT2D eigenvalue weighted by Gasteiger charge is -2.36. The first-order chi connectivity index (χ1) is 15.7. The van der Waals surface area contributed by atoms with Crippen molar-refractivity contribution in [1.82, 2.24) is 9.97 Å². The van der Waals surface area contributed by atoms with Crippen LogP contribution in [-0.4, -0.2) is 53.9 Å². The van der Waals surface area contributed by atoms with Crippen LogP contribution in [0, 0.1) is 6.92 Å². The second kappa shape index (κ2) is 9.23. The van der Waals surface area contributed by atoms with Gasteiger partial charge in [-0.15, -0.1) is 0 Å². The van der Waals surface area contributed by atoms with Gasteiger partial charge in [-0.05, 0) is 51.8 Å². The Morgan fingerprint density at radius 3 is 2.88 bits per heavy atom. The van der Waals surface area contributed by atoms with Crippen LogP contribution in [0.3, 0.4) is 0 Å². The fraction of sp³-hybridized carbons (Fsp3) is 0.522. The molecule has 10 heteroatoms. The summed E-state index contributed by atoms with van der Waals surface area (Å²) in [6.07, 6.45) is 0.597. The molecule has 4 rings (SSSR count). The number of hydrogen-bond donors (Lipinski definition) is 2. The van der Waals surface area contributed by atoms with Gasteiger partial charge in [0.2, 0.25) is 11.5 Å². The van der Waals surface area contributed by atoms with Gasteiger partial charge in [0.05, 0.1) is 31.0 Å². The minimum atomic E-state index is -1.15. The van der Waals surface area contributed by atoms with E-state index in [0.717, 1.165) is 23.4 Å². The van der Waals surface area contributed by atoms with Crippen LogP contribution < -0.4 is 20.7 Å². The number of nitrogen functional groups attached to an aromatic ring is 1. The number of carbonyl (C=O) groups excluding carboxylic acids is 1. The molecule has 2 aliphatic heterocycles. The summed E-state index contributed by atoms with van der Waals surface area (Å²) in [5.74, 6) is 1.05. The van der Waals surface area contributed by atoms with Crippen LogP contribution in [0.2, 0.25) is 5.02 Å². The van der Waals surface area contributed by atoms with Gasteiger partial charge >= 0.3 is 5.97 Å². The van der Waals surface area contributed by atoms with Crippen LogP contribution >= 0.6 is 11.6 Å². The molecule has 3 N–H and O–H groups in total. The van der Waals surface area contributed by atoms with Crippen LogP contribution in [0.15, 0.2) is 18.2 Å². The number of rotatable bonds is 4. The summed E-state index contributed by atoms with van der Waals surface area (Å²) in [5.41, 5.74) is 7.09. The molecule has 1 aromatic heterocycles. The molecule has 0 saturated carbocycles. The van der Waals surface area contributed by atoms with E-state index in [-0.39, 0.29) is 24.6 Å². The summed E-state index contributed by atoms with van der Waals surface area (Å²) in [7, 11) is 0. The Bertz CT molecular complexity index is 1030. The van der Waals surface area contributed by atoms with Crippen molar-refractivity contribution in [3.05, 3.63) is 34.5 Å². The summed E-state index contributed by atoms with van der Waals surface area (Å²) < 4.78 is 17.5. The molecule has 0 radical (unpaired) electrons. The number of halogens is 1. The Hall–Kier alpha value is -2.78. The van der Waals surface area contributed by atoms with Crippen molar-refractivity contribution in [3.63, 3.8) is 0 Å². The Kier molecular flexibility index (Phi) is 6.54. The molecule has 0 unspecified atom stereocenters. The SMILES string of the molecule is Cc1cc(N2CCCOC[C@@H]2c2cc3c(cc2Cl)NC[C@@](C)(C(=O)OC(C)C)O3)nc(N)n1. The van der Waals surface area contributed by atoms with Gasteiger partial charge in [0, 0.05) is 29.9 Å². The van der Waals surface area contributed by atoms with Crippen LogP contribution in [0.25, 0.3) is 0 Å².